The van der Waals surface area contributed by atoms with E-state index in [1.165, 1.54) is 6.20 Å². The second-order valence-corrected chi connectivity index (χ2v) is 2.71. The first kappa shape index (κ1) is 8.71. The van der Waals surface area contributed by atoms with E-state index in [4.69, 9.17) is 28.9 Å². The SMILES string of the molecule is NCCc1ncc(Cl)nc1Cl. The summed E-state index contributed by atoms with van der Waals surface area (Å²) in [5.74, 6) is 0. The fourth-order valence-electron chi connectivity index (χ4n) is 0.676. The third kappa shape index (κ3) is 2.29. The van der Waals surface area contributed by atoms with Gasteiger partial charge in [-0.1, -0.05) is 23.2 Å². The van der Waals surface area contributed by atoms with E-state index in [1.807, 2.05) is 0 Å². The summed E-state index contributed by atoms with van der Waals surface area (Å²) in [4.78, 5) is 7.77. The lowest BCUT2D eigenvalue weighted by Gasteiger charge is -1.98. The molecule has 1 heterocycles. The highest BCUT2D eigenvalue weighted by Gasteiger charge is 2.02. The van der Waals surface area contributed by atoms with Gasteiger partial charge in [0.15, 0.2) is 5.15 Å². The topological polar surface area (TPSA) is 51.8 Å². The van der Waals surface area contributed by atoms with Gasteiger partial charge >= 0.3 is 0 Å². The van der Waals surface area contributed by atoms with Gasteiger partial charge in [-0.15, -0.1) is 0 Å². The van der Waals surface area contributed by atoms with E-state index in [0.717, 1.165) is 0 Å². The standard InChI is InChI=1S/C6H7Cl2N3/c7-5-3-10-4(1-2-9)6(8)11-5/h3H,1-2,9H2. The minimum Gasteiger partial charge on any atom is -0.330 e. The minimum atomic E-state index is 0.302. The molecule has 0 atom stereocenters. The molecule has 0 spiro atoms. The number of hydrogen-bond donors (Lipinski definition) is 1. The van der Waals surface area contributed by atoms with Crippen molar-refractivity contribution in [1.29, 1.82) is 0 Å². The molecule has 0 fully saturated rings. The summed E-state index contributed by atoms with van der Waals surface area (Å²) < 4.78 is 0. The Hall–Kier alpha value is -0.380. The number of nitrogens with zero attached hydrogens (tertiary/aromatic N) is 2. The zero-order chi connectivity index (χ0) is 8.27. The van der Waals surface area contributed by atoms with Gasteiger partial charge in [-0.3, -0.25) is 4.98 Å². The van der Waals surface area contributed by atoms with Crippen LogP contribution in [-0.2, 0) is 6.42 Å². The Balaban J connectivity index is 2.90. The molecule has 60 valence electrons. The Kier molecular flexibility index (Phi) is 3.05. The molecule has 0 radical (unpaired) electrons. The molecule has 0 aliphatic carbocycles. The molecule has 0 bridgehead atoms. The van der Waals surface area contributed by atoms with Gasteiger partial charge < -0.3 is 5.73 Å². The van der Waals surface area contributed by atoms with Crippen LogP contribution in [0.15, 0.2) is 6.20 Å². The number of aromatic nitrogens is 2. The molecule has 0 aromatic carbocycles. The van der Waals surface area contributed by atoms with Gasteiger partial charge in [-0.25, -0.2) is 4.98 Å². The monoisotopic (exact) mass is 191 g/mol. The van der Waals surface area contributed by atoms with Gasteiger partial charge in [0.25, 0.3) is 0 Å². The number of rotatable bonds is 2. The van der Waals surface area contributed by atoms with Crippen LogP contribution in [0.5, 0.6) is 0 Å². The van der Waals surface area contributed by atoms with Crippen LogP contribution < -0.4 is 5.73 Å². The Bertz CT molecular complexity index is 252. The first-order valence-electron chi connectivity index (χ1n) is 3.11. The van der Waals surface area contributed by atoms with Crippen LogP contribution in [0.4, 0.5) is 0 Å². The van der Waals surface area contributed by atoms with Crippen LogP contribution in [0.3, 0.4) is 0 Å². The van der Waals surface area contributed by atoms with Crippen molar-refractivity contribution < 1.29 is 0 Å². The molecule has 0 aliphatic heterocycles. The summed E-state index contributed by atoms with van der Waals surface area (Å²) in [6, 6.07) is 0. The molecule has 3 nitrogen and oxygen atoms in total. The molecule has 1 aromatic heterocycles. The number of hydrogen-bond acceptors (Lipinski definition) is 3. The van der Waals surface area contributed by atoms with Crippen molar-refractivity contribution in [3.05, 3.63) is 22.2 Å². The molecule has 1 rings (SSSR count). The van der Waals surface area contributed by atoms with Crippen LogP contribution in [0.1, 0.15) is 5.69 Å². The Labute approximate surface area is 74.5 Å². The van der Waals surface area contributed by atoms with Crippen molar-refractivity contribution in [2.24, 2.45) is 5.73 Å². The summed E-state index contributed by atoms with van der Waals surface area (Å²) in [5.41, 5.74) is 6.00. The van der Waals surface area contributed by atoms with Crippen LogP contribution in [0, 0.1) is 0 Å². The fourth-order valence-corrected chi connectivity index (χ4v) is 1.09. The molecule has 2 N–H and O–H groups in total. The molecular formula is C6H7Cl2N3. The first-order chi connectivity index (χ1) is 5.24. The fraction of sp³-hybridized carbons (Fsp3) is 0.333. The van der Waals surface area contributed by atoms with E-state index in [0.29, 0.717) is 29.0 Å². The van der Waals surface area contributed by atoms with Gasteiger partial charge in [0.1, 0.15) is 5.15 Å². The van der Waals surface area contributed by atoms with Crippen LogP contribution >= 0.6 is 23.2 Å². The highest BCUT2D eigenvalue weighted by Crippen LogP contribution is 2.13. The van der Waals surface area contributed by atoms with Gasteiger partial charge in [-0.2, -0.15) is 0 Å². The maximum atomic E-state index is 5.69. The number of halogens is 2. The highest BCUT2D eigenvalue weighted by molar-refractivity contribution is 6.32. The van der Waals surface area contributed by atoms with Crippen LogP contribution in [0.25, 0.3) is 0 Å². The van der Waals surface area contributed by atoms with Crippen molar-refractivity contribution >= 4 is 23.2 Å². The highest BCUT2D eigenvalue weighted by atomic mass is 35.5. The molecule has 5 heteroatoms. The third-order valence-corrected chi connectivity index (χ3v) is 1.64. The Morgan fingerprint density at radius 1 is 1.45 bits per heavy atom. The lowest BCUT2D eigenvalue weighted by molar-refractivity contribution is 0.908. The maximum absolute atomic E-state index is 5.69. The van der Waals surface area contributed by atoms with Crippen molar-refractivity contribution in [2.75, 3.05) is 6.54 Å². The minimum absolute atomic E-state index is 0.302. The second-order valence-electron chi connectivity index (χ2n) is 1.97. The van der Waals surface area contributed by atoms with Gasteiger partial charge in [0.2, 0.25) is 0 Å². The molecule has 11 heavy (non-hydrogen) atoms. The zero-order valence-electron chi connectivity index (χ0n) is 5.72. The van der Waals surface area contributed by atoms with E-state index >= 15 is 0 Å². The summed E-state index contributed by atoms with van der Waals surface area (Å²) in [7, 11) is 0. The average molecular weight is 192 g/mol. The van der Waals surface area contributed by atoms with E-state index < -0.39 is 0 Å². The predicted octanol–water partition coefficient (Wildman–Crippen LogP) is 1.28. The molecule has 0 amide bonds. The lowest BCUT2D eigenvalue weighted by Crippen LogP contribution is -2.05. The third-order valence-electron chi connectivity index (χ3n) is 1.15. The summed E-state index contributed by atoms with van der Waals surface area (Å²) in [6.07, 6.45) is 2.08. The predicted molar refractivity (Wildman–Crippen MR) is 44.8 cm³/mol. The normalized spacial score (nSPS) is 10.1. The summed E-state index contributed by atoms with van der Waals surface area (Å²) in [6.45, 7) is 0.510. The second kappa shape index (κ2) is 3.85. The van der Waals surface area contributed by atoms with Crippen molar-refractivity contribution in [2.45, 2.75) is 6.42 Å². The zero-order valence-corrected chi connectivity index (χ0v) is 7.23. The summed E-state index contributed by atoms with van der Waals surface area (Å²) in [5, 5.41) is 0.638. The molecule has 0 saturated carbocycles. The molecule has 1 aromatic rings. The maximum Gasteiger partial charge on any atom is 0.152 e. The molecular weight excluding hydrogens is 185 g/mol. The van der Waals surface area contributed by atoms with Crippen LogP contribution in [-0.4, -0.2) is 16.5 Å². The van der Waals surface area contributed by atoms with Crippen molar-refractivity contribution in [3.63, 3.8) is 0 Å². The molecule has 0 saturated heterocycles. The van der Waals surface area contributed by atoms with Crippen molar-refractivity contribution in [3.8, 4) is 0 Å². The van der Waals surface area contributed by atoms with E-state index in [-0.39, 0.29) is 0 Å². The first-order valence-corrected chi connectivity index (χ1v) is 3.86. The smallest absolute Gasteiger partial charge is 0.152 e. The quantitative estimate of drug-likeness (QED) is 0.767. The Morgan fingerprint density at radius 3 is 2.73 bits per heavy atom. The van der Waals surface area contributed by atoms with E-state index in [9.17, 15) is 0 Å². The van der Waals surface area contributed by atoms with E-state index in [2.05, 4.69) is 9.97 Å². The van der Waals surface area contributed by atoms with Gasteiger partial charge in [0.05, 0.1) is 11.9 Å². The molecule has 0 unspecified atom stereocenters. The van der Waals surface area contributed by atoms with E-state index in [1.54, 1.807) is 0 Å². The largest absolute Gasteiger partial charge is 0.330 e. The van der Waals surface area contributed by atoms with Crippen molar-refractivity contribution in [1.82, 2.24) is 9.97 Å². The summed E-state index contributed by atoms with van der Waals surface area (Å²) >= 11 is 11.2. The molecule has 0 aliphatic rings. The Morgan fingerprint density at radius 2 is 2.18 bits per heavy atom. The van der Waals surface area contributed by atoms with Crippen LogP contribution in [0.2, 0.25) is 10.3 Å². The van der Waals surface area contributed by atoms with Gasteiger partial charge in [0, 0.05) is 6.42 Å². The average Bonchev–Trinajstić information content (AvgIpc) is 1.95. The van der Waals surface area contributed by atoms with Gasteiger partial charge in [-0.05, 0) is 6.54 Å². The number of nitrogens with two attached hydrogens (primary N) is 1. The lowest BCUT2D eigenvalue weighted by atomic mass is 10.3.